The van der Waals surface area contributed by atoms with Gasteiger partial charge in [-0.3, -0.25) is 4.98 Å². The van der Waals surface area contributed by atoms with Gasteiger partial charge in [-0.15, -0.1) is 11.3 Å². The Balaban J connectivity index is 0.797. The molecule has 0 unspecified atom stereocenters. The predicted molar refractivity (Wildman–Crippen MR) is 298 cm³/mol. The van der Waals surface area contributed by atoms with Gasteiger partial charge in [-0.2, -0.15) is 0 Å². The third-order valence-electron chi connectivity index (χ3n) is 14.9. The molecule has 71 heavy (non-hydrogen) atoms. The van der Waals surface area contributed by atoms with Crippen molar-refractivity contribution < 1.29 is 4.42 Å². The fraction of sp³-hybridized carbons (Fsp3) is 0. The number of nitrogens with zero attached hydrogens (tertiary/aromatic N) is 4. The lowest BCUT2D eigenvalue weighted by molar-refractivity contribution is 0.669. The summed E-state index contributed by atoms with van der Waals surface area (Å²) in [5.41, 5.74) is 18.0. The molecule has 0 aliphatic rings. The van der Waals surface area contributed by atoms with Gasteiger partial charge in [-0.1, -0.05) is 97.1 Å². The Morgan fingerprint density at radius 1 is 0.296 bits per heavy atom. The van der Waals surface area contributed by atoms with Crippen molar-refractivity contribution in [3.63, 3.8) is 0 Å². The summed E-state index contributed by atoms with van der Waals surface area (Å²) in [5, 5.41) is 10.8. The maximum atomic E-state index is 6.52. The number of furan rings is 1. The van der Waals surface area contributed by atoms with Crippen LogP contribution in [-0.4, -0.2) is 18.7 Å². The summed E-state index contributed by atoms with van der Waals surface area (Å²) in [6, 6.07) is 81.9. The number of thiophene rings is 1. The topological polar surface area (TPSA) is 40.8 Å². The lowest BCUT2D eigenvalue weighted by atomic mass is 9.98. The molecule has 0 atom stereocenters. The van der Waals surface area contributed by atoms with Crippen LogP contribution in [0.4, 0.5) is 0 Å². The van der Waals surface area contributed by atoms with Crippen molar-refractivity contribution in [3.05, 3.63) is 231 Å². The first kappa shape index (κ1) is 38.7. The predicted octanol–water partition coefficient (Wildman–Crippen LogP) is 18.0. The van der Waals surface area contributed by atoms with Gasteiger partial charge < -0.3 is 18.1 Å². The van der Waals surface area contributed by atoms with Gasteiger partial charge in [-0.05, 0) is 150 Å². The normalized spacial score (nSPS) is 12.2. The Kier molecular flexibility index (Phi) is 7.98. The van der Waals surface area contributed by atoms with E-state index >= 15 is 0 Å². The van der Waals surface area contributed by atoms with Crippen molar-refractivity contribution in [1.82, 2.24) is 18.7 Å². The average molecular weight is 923 g/mol. The summed E-state index contributed by atoms with van der Waals surface area (Å²) in [6.07, 6.45) is 1.89. The van der Waals surface area contributed by atoms with Crippen LogP contribution in [0.5, 0.6) is 0 Å². The van der Waals surface area contributed by atoms with Crippen molar-refractivity contribution >= 4 is 119 Å². The molecule has 0 fully saturated rings. The number of benzene rings is 10. The second-order valence-electron chi connectivity index (χ2n) is 18.7. The Morgan fingerprint density at radius 2 is 0.732 bits per heavy atom. The number of rotatable bonds is 5. The van der Waals surface area contributed by atoms with Crippen molar-refractivity contribution in [1.29, 1.82) is 0 Å². The fourth-order valence-electron chi connectivity index (χ4n) is 11.7. The molecule has 6 heterocycles. The summed E-state index contributed by atoms with van der Waals surface area (Å²) >= 11 is 1.80. The zero-order chi connectivity index (χ0) is 46.3. The molecule has 0 aliphatic heterocycles. The summed E-state index contributed by atoms with van der Waals surface area (Å²) in [5.74, 6) is 0. The summed E-state index contributed by atoms with van der Waals surface area (Å²) in [7, 11) is 0. The van der Waals surface area contributed by atoms with E-state index in [0.29, 0.717) is 0 Å². The molecule has 0 bridgehead atoms. The third kappa shape index (κ3) is 5.65. The molecule has 10 aromatic carbocycles. The molecule has 0 N–H and O–H groups in total. The van der Waals surface area contributed by atoms with Crippen molar-refractivity contribution in [2.45, 2.75) is 0 Å². The maximum Gasteiger partial charge on any atom is 0.135 e. The second-order valence-corrected chi connectivity index (χ2v) is 19.8. The fourth-order valence-corrected chi connectivity index (χ4v) is 12.7. The maximum absolute atomic E-state index is 6.52. The number of fused-ring (bicyclic) bond motifs is 15. The zero-order valence-electron chi connectivity index (χ0n) is 38.0. The second kappa shape index (κ2) is 14.6. The van der Waals surface area contributed by atoms with Crippen LogP contribution >= 0.6 is 11.3 Å². The van der Waals surface area contributed by atoms with Crippen molar-refractivity contribution in [2.24, 2.45) is 0 Å². The Bertz CT molecular complexity index is 4890. The number of para-hydroxylation sites is 4. The highest BCUT2D eigenvalue weighted by Crippen LogP contribution is 2.42. The molecule has 0 aliphatic carbocycles. The molecule has 0 radical (unpaired) electrons. The van der Waals surface area contributed by atoms with E-state index in [1.807, 2.05) is 12.3 Å². The highest BCUT2D eigenvalue weighted by atomic mass is 32.1. The Morgan fingerprint density at radius 3 is 1.31 bits per heavy atom. The van der Waals surface area contributed by atoms with Crippen LogP contribution in [0.3, 0.4) is 0 Å². The van der Waals surface area contributed by atoms with Gasteiger partial charge in [0.1, 0.15) is 11.2 Å². The van der Waals surface area contributed by atoms with Crippen LogP contribution in [0.1, 0.15) is 0 Å². The van der Waals surface area contributed by atoms with E-state index in [1.165, 1.54) is 91.3 Å². The molecule has 16 aromatic rings. The van der Waals surface area contributed by atoms with Crippen molar-refractivity contribution in [3.8, 4) is 39.3 Å². The number of aromatic nitrogens is 4. The van der Waals surface area contributed by atoms with E-state index in [4.69, 9.17) is 9.40 Å². The molecule has 16 rings (SSSR count). The van der Waals surface area contributed by atoms with Crippen LogP contribution in [0.2, 0.25) is 0 Å². The van der Waals surface area contributed by atoms with Crippen LogP contribution in [0.25, 0.3) is 147 Å². The van der Waals surface area contributed by atoms with Crippen molar-refractivity contribution in [2.75, 3.05) is 0 Å². The van der Waals surface area contributed by atoms with Crippen LogP contribution in [0.15, 0.2) is 235 Å². The molecular weight excluding hydrogens is 885 g/mol. The first-order chi connectivity index (χ1) is 35.2. The lowest BCUT2D eigenvalue weighted by Gasteiger charge is -2.10. The summed E-state index contributed by atoms with van der Waals surface area (Å²) in [6.45, 7) is 0. The molecule has 5 nitrogen and oxygen atoms in total. The molecular formula is C65H38N4OS. The first-order valence-corrected chi connectivity index (χ1v) is 24.9. The average Bonchev–Trinajstić information content (AvgIpc) is 4.24. The number of hydrogen-bond donors (Lipinski definition) is 0. The number of hydrogen-bond acceptors (Lipinski definition) is 3. The van der Waals surface area contributed by atoms with E-state index in [-0.39, 0.29) is 0 Å². The lowest BCUT2D eigenvalue weighted by Crippen LogP contribution is -1.95. The monoisotopic (exact) mass is 922 g/mol. The van der Waals surface area contributed by atoms with Gasteiger partial charge >= 0.3 is 0 Å². The van der Waals surface area contributed by atoms with Gasteiger partial charge in [0.25, 0.3) is 0 Å². The first-order valence-electron chi connectivity index (χ1n) is 24.1. The molecule has 6 heteroatoms. The summed E-state index contributed by atoms with van der Waals surface area (Å²) in [4.78, 5) is 4.76. The molecule has 0 saturated carbocycles. The van der Waals surface area contributed by atoms with Crippen LogP contribution < -0.4 is 0 Å². The number of pyridine rings is 1. The molecule has 0 saturated heterocycles. The van der Waals surface area contributed by atoms with Crippen LogP contribution in [-0.2, 0) is 0 Å². The van der Waals surface area contributed by atoms with E-state index < -0.39 is 0 Å². The Hall–Kier alpha value is -9.23. The highest BCUT2D eigenvalue weighted by molar-refractivity contribution is 7.25. The minimum absolute atomic E-state index is 0.881. The summed E-state index contributed by atoms with van der Waals surface area (Å²) < 4.78 is 16.2. The van der Waals surface area contributed by atoms with Gasteiger partial charge in [0.05, 0.1) is 43.3 Å². The third-order valence-corrected chi connectivity index (χ3v) is 16.0. The van der Waals surface area contributed by atoms with E-state index in [2.05, 4.69) is 232 Å². The van der Waals surface area contributed by atoms with Gasteiger partial charge in [-0.25, -0.2) is 0 Å². The quantitative estimate of drug-likeness (QED) is 0.173. The zero-order valence-corrected chi connectivity index (χ0v) is 38.9. The largest absolute Gasteiger partial charge is 0.456 e. The van der Waals surface area contributed by atoms with Gasteiger partial charge in [0.2, 0.25) is 0 Å². The SMILES string of the molecule is c1ccc(-n2c3ccccc3c3cc(-n4c5ccccc5c5cc(-c6ccc7oc8ccc(-c9ccc%10c(c9)c9ccccc9n%10-c9ccc%10sc%11cccnc%11c%10c9)cc8c7c6)ccc54)ccc32)cc1. The van der Waals surface area contributed by atoms with Crippen LogP contribution in [0, 0.1) is 0 Å². The molecule has 0 spiro atoms. The standard InChI is InChI=1S/C65H38N4OS/c1-2-11-43(12-3-1)67-55-16-7-6-15-48(55)51-37-44(24-28-60(51)67)68-56-17-8-4-13-46(56)49-33-39(20-26-58(49)68)41-22-29-61-52(35-41)53-36-42(23-30-62(53)70-61)40-21-27-59-50(34-40)47-14-5-9-18-57(47)69(59)45-25-31-63-54(38-45)65-64(71-63)19-10-32-66-65/h1-38H. The van der Waals surface area contributed by atoms with Gasteiger partial charge in [0.15, 0.2) is 0 Å². The minimum atomic E-state index is 0.881. The smallest absolute Gasteiger partial charge is 0.135 e. The van der Waals surface area contributed by atoms with E-state index in [0.717, 1.165) is 55.6 Å². The molecule has 330 valence electrons. The highest BCUT2D eigenvalue weighted by Gasteiger charge is 2.20. The van der Waals surface area contributed by atoms with E-state index in [9.17, 15) is 0 Å². The molecule has 6 aromatic heterocycles. The minimum Gasteiger partial charge on any atom is -0.456 e. The van der Waals surface area contributed by atoms with Gasteiger partial charge in [0, 0.05) is 76.4 Å². The Labute approximate surface area is 409 Å². The molecule has 0 amide bonds. The van der Waals surface area contributed by atoms with E-state index in [1.54, 1.807) is 11.3 Å².